The van der Waals surface area contributed by atoms with Crippen LogP contribution in [0.3, 0.4) is 0 Å². The molecule has 0 aliphatic carbocycles. The van der Waals surface area contributed by atoms with Crippen LogP contribution in [0.2, 0.25) is 0 Å². The van der Waals surface area contributed by atoms with Gasteiger partial charge in [0.2, 0.25) is 0 Å². The van der Waals surface area contributed by atoms with E-state index in [1.165, 1.54) is 13.1 Å². The second-order valence-electron chi connectivity index (χ2n) is 13.3. The predicted octanol–water partition coefficient (Wildman–Crippen LogP) is 10.8. The van der Waals surface area contributed by atoms with Gasteiger partial charge in [-0.1, -0.05) is 48.5 Å². The largest absolute Gasteiger partial charge is 0.416 e. The van der Waals surface area contributed by atoms with Gasteiger partial charge in [0.15, 0.2) is 0 Å². The first-order valence-corrected chi connectivity index (χ1v) is 16.8. The van der Waals surface area contributed by atoms with Gasteiger partial charge < -0.3 is 5.32 Å². The van der Waals surface area contributed by atoms with Crippen LogP contribution in [-0.4, -0.2) is 19.2 Å². The monoisotopic (exact) mass is 937 g/mol. The van der Waals surface area contributed by atoms with Crippen molar-refractivity contribution in [2.24, 2.45) is 0 Å². The minimum atomic E-state index is -6.13. The lowest BCUT2D eigenvalue weighted by Gasteiger charge is -2.46. The molecule has 26 heteroatoms. The molecule has 0 aliphatic rings. The third-order valence-electron chi connectivity index (χ3n) is 9.02. The van der Waals surface area contributed by atoms with Crippen LogP contribution in [0.15, 0.2) is 72.8 Å². The molecule has 0 saturated carbocycles. The van der Waals surface area contributed by atoms with Crippen molar-refractivity contribution >= 4 is 28.0 Å². The van der Waals surface area contributed by atoms with Gasteiger partial charge in [-0.3, -0.25) is 0 Å². The molecular weight excluding hydrogens is 913 g/mol. The molecule has 0 bridgehead atoms. The fourth-order valence-corrected chi connectivity index (χ4v) is 6.36. The Morgan fingerprint density at radius 1 is 0.274 bits per heavy atom. The van der Waals surface area contributed by atoms with Crippen molar-refractivity contribution in [2.45, 2.75) is 63.3 Å². The van der Waals surface area contributed by atoms with E-state index >= 15 is 0 Å². The van der Waals surface area contributed by atoms with Crippen molar-refractivity contribution in [1.29, 1.82) is 0 Å². The molecule has 1 nitrogen and oxygen atoms in total. The topological polar surface area (TPSA) is 16.6 Å². The van der Waals surface area contributed by atoms with E-state index < -0.39 is 195 Å². The van der Waals surface area contributed by atoms with E-state index in [0.717, 1.165) is 0 Å². The van der Waals surface area contributed by atoms with E-state index in [0.29, 0.717) is 0 Å². The molecule has 2 N–H and O–H groups in total. The number of halogens is 24. The zero-order valence-electron chi connectivity index (χ0n) is 30.6. The van der Waals surface area contributed by atoms with E-state index in [1.807, 2.05) is 0 Å². The van der Waals surface area contributed by atoms with Gasteiger partial charge in [-0.05, 0) is 38.1 Å². The molecule has 0 unspecified atom stereocenters. The van der Waals surface area contributed by atoms with Crippen LogP contribution in [0.4, 0.5) is 105 Å². The number of hydrogen-bond donors (Lipinski definition) is 1. The van der Waals surface area contributed by atoms with Crippen LogP contribution in [0.1, 0.15) is 58.4 Å². The maximum absolute atomic E-state index is 14.2. The lowest BCUT2D eigenvalue weighted by Crippen LogP contribution is -2.82. The zero-order chi connectivity index (χ0) is 48.0. The first-order chi connectivity index (χ1) is 27.7. The van der Waals surface area contributed by atoms with Gasteiger partial charge in [0.1, 0.15) is 6.15 Å². The van der Waals surface area contributed by atoms with E-state index in [2.05, 4.69) is 19.2 Å². The maximum atomic E-state index is 14.2. The highest BCUT2D eigenvalue weighted by molar-refractivity contribution is 7.20. The second kappa shape index (κ2) is 17.1. The molecule has 62 heavy (non-hydrogen) atoms. The molecule has 0 radical (unpaired) electrons. The number of hydrogen-bond acceptors (Lipinski definition) is 0. The Labute approximate surface area is 332 Å². The highest BCUT2D eigenvalue weighted by Crippen LogP contribution is 2.41. The van der Waals surface area contributed by atoms with Gasteiger partial charge in [-0.15, -0.1) is 0 Å². The summed E-state index contributed by atoms with van der Waals surface area (Å²) < 4.78 is 341. The first-order valence-electron chi connectivity index (χ1n) is 16.8. The number of alkyl halides is 24. The molecule has 4 rings (SSSR count). The summed E-state index contributed by atoms with van der Waals surface area (Å²) in [7, 11) is 0. The molecule has 0 spiro atoms. The summed E-state index contributed by atoms with van der Waals surface area (Å²) in [6.07, 6.45) is -54.8. The highest BCUT2D eigenvalue weighted by atomic mass is 19.4. The van der Waals surface area contributed by atoms with Crippen LogP contribution < -0.4 is 27.2 Å². The van der Waals surface area contributed by atoms with Gasteiger partial charge in [0.25, 0.3) is 0 Å². The van der Waals surface area contributed by atoms with Crippen molar-refractivity contribution in [3.8, 4) is 0 Å². The number of quaternary nitrogens is 1. The molecule has 0 amide bonds. The lowest BCUT2D eigenvalue weighted by atomic mass is 9.12. The Bertz CT molecular complexity index is 1760. The van der Waals surface area contributed by atoms with E-state index in [1.54, 1.807) is 0 Å². The molecule has 0 aromatic heterocycles. The fourth-order valence-electron chi connectivity index (χ4n) is 6.36. The maximum Gasteiger partial charge on any atom is 0.416 e. The summed E-state index contributed by atoms with van der Waals surface area (Å²) in [4.78, 5) is 0. The predicted molar refractivity (Wildman–Crippen MR) is 173 cm³/mol. The molecule has 0 heterocycles. The Hall–Kier alpha value is -4.78. The molecule has 0 fully saturated rings. The van der Waals surface area contributed by atoms with Crippen molar-refractivity contribution < 1.29 is 111 Å². The molecule has 4 aromatic carbocycles. The minimum absolute atomic E-state index is 0.691. The van der Waals surface area contributed by atoms with Gasteiger partial charge in [0.05, 0.1) is 57.6 Å². The fraction of sp³-hybridized carbons (Fsp3) is 0.333. The van der Waals surface area contributed by atoms with E-state index in [-0.39, 0.29) is 0 Å². The Morgan fingerprint density at radius 3 is 0.484 bits per heavy atom. The van der Waals surface area contributed by atoms with Crippen molar-refractivity contribution in [3.05, 3.63) is 117 Å². The van der Waals surface area contributed by atoms with Crippen LogP contribution in [0.25, 0.3) is 0 Å². The van der Waals surface area contributed by atoms with E-state index in [9.17, 15) is 105 Å². The third-order valence-corrected chi connectivity index (χ3v) is 9.02. The Kier molecular flexibility index (Phi) is 14.2. The Morgan fingerprint density at radius 2 is 0.403 bits per heavy atom. The van der Waals surface area contributed by atoms with Crippen molar-refractivity contribution in [3.63, 3.8) is 0 Å². The third kappa shape index (κ3) is 11.8. The SMILES string of the molecule is CC[NH2+]CC.FC(F)(F)c1cc([B-](c2cc(C(F)(F)F)cc(C(F)(F)F)c2)(c2cc(C(F)(F)F)cc(C(F)(F)F)c2)c2cc(C(F)(F)F)cc(C(F)(F)F)c2)cc(C(F)(F)F)c1. The summed E-state index contributed by atoms with van der Waals surface area (Å²) >= 11 is 0. The standard InChI is InChI=1S/C32H12BF24.C4H11N/c34-25(35,36)13-1-14(26(37,38)39)6-21(5-13)33(22-7-15(27(40,41)42)2-16(8-22)28(43,44)45,23-9-17(29(46,47)48)3-18(10-23)30(49,50)51)24-11-19(31(52,53)54)4-20(12-24)32(55,56)57;1-3-5-4-2/h1-12H;5H,3-4H2,1-2H3/q-1;/p+1. The molecule has 0 saturated heterocycles. The van der Waals surface area contributed by atoms with E-state index in [4.69, 9.17) is 0 Å². The van der Waals surface area contributed by atoms with Crippen LogP contribution in [-0.2, 0) is 49.4 Å². The van der Waals surface area contributed by atoms with Gasteiger partial charge in [-0.25, -0.2) is 0 Å². The van der Waals surface area contributed by atoms with Crippen LogP contribution in [0, 0.1) is 0 Å². The number of nitrogens with two attached hydrogens (primary N) is 1. The van der Waals surface area contributed by atoms with Crippen molar-refractivity contribution in [2.75, 3.05) is 13.1 Å². The smallest absolute Gasteiger partial charge is 0.347 e. The summed E-state index contributed by atoms with van der Waals surface area (Å²) in [6, 6.07) is -8.81. The Balaban J connectivity index is 0.00000193. The summed E-state index contributed by atoms with van der Waals surface area (Å²) in [6.45, 7) is 6.75. The highest BCUT2D eigenvalue weighted by Gasteiger charge is 2.47. The molecule has 0 aliphatic heterocycles. The second-order valence-corrected chi connectivity index (χ2v) is 13.3. The van der Waals surface area contributed by atoms with Crippen LogP contribution in [0.5, 0.6) is 0 Å². The number of rotatable bonds is 6. The van der Waals surface area contributed by atoms with Gasteiger partial charge in [-0.2, -0.15) is 127 Å². The van der Waals surface area contributed by atoms with Gasteiger partial charge >= 0.3 is 49.4 Å². The van der Waals surface area contributed by atoms with Gasteiger partial charge in [0, 0.05) is 0 Å². The molecule has 344 valence electrons. The summed E-state index contributed by atoms with van der Waals surface area (Å²) in [5, 5.41) is 2.25. The quantitative estimate of drug-likeness (QED) is 0.147. The average Bonchev–Trinajstić information content (AvgIpc) is 3.09. The summed E-state index contributed by atoms with van der Waals surface area (Å²) in [5.74, 6) is 0. The molecule has 4 aromatic rings. The zero-order valence-corrected chi connectivity index (χ0v) is 30.6. The van der Waals surface area contributed by atoms with Crippen LogP contribution >= 0.6 is 0 Å². The van der Waals surface area contributed by atoms with Crippen molar-refractivity contribution in [1.82, 2.24) is 0 Å². The first kappa shape index (κ1) is 51.6. The molecular formula is C36H24BF24N. The molecule has 0 atom stereocenters. The lowest BCUT2D eigenvalue weighted by molar-refractivity contribution is -0.648. The number of benzene rings is 4. The average molecular weight is 937 g/mol. The minimum Gasteiger partial charge on any atom is -0.347 e. The summed E-state index contributed by atoms with van der Waals surface area (Å²) in [5.41, 5.74) is -30.2. The normalized spacial score (nSPS) is 13.8.